The van der Waals surface area contributed by atoms with E-state index in [9.17, 15) is 4.79 Å². The van der Waals surface area contributed by atoms with Crippen molar-refractivity contribution in [3.05, 3.63) is 54.4 Å². The van der Waals surface area contributed by atoms with Crippen molar-refractivity contribution in [3.63, 3.8) is 0 Å². The van der Waals surface area contributed by atoms with Gasteiger partial charge >= 0.3 is 0 Å². The first-order chi connectivity index (χ1) is 12.1. The number of nitrogens with one attached hydrogen (secondary N) is 1. The lowest BCUT2D eigenvalue weighted by Gasteiger charge is -2.12. The number of hydrogen-bond donors (Lipinski definition) is 1. The number of rotatable bonds is 5. The van der Waals surface area contributed by atoms with Crippen LogP contribution in [-0.2, 0) is 7.05 Å². The van der Waals surface area contributed by atoms with Crippen molar-refractivity contribution in [2.45, 2.75) is 0 Å². The van der Waals surface area contributed by atoms with E-state index in [-0.39, 0.29) is 5.91 Å². The highest BCUT2D eigenvalue weighted by atomic mass is 16.5. The monoisotopic (exact) mass is 338 g/mol. The number of benzene rings is 2. The van der Waals surface area contributed by atoms with Gasteiger partial charge in [0.05, 0.1) is 19.9 Å². The Morgan fingerprint density at radius 2 is 1.76 bits per heavy atom. The molecule has 7 heteroatoms. The topological polar surface area (TPSA) is 78.3 Å². The third-order valence-corrected chi connectivity index (χ3v) is 3.74. The smallest absolute Gasteiger partial charge is 0.255 e. The minimum atomic E-state index is -0.271. The number of anilines is 1. The van der Waals surface area contributed by atoms with E-state index in [0.717, 1.165) is 5.56 Å². The summed E-state index contributed by atoms with van der Waals surface area (Å²) in [5.74, 6) is 1.49. The maximum atomic E-state index is 12.7. The van der Waals surface area contributed by atoms with E-state index in [0.29, 0.717) is 28.6 Å². The molecule has 25 heavy (non-hydrogen) atoms. The summed E-state index contributed by atoms with van der Waals surface area (Å²) in [5.41, 5.74) is 1.86. The molecule has 3 rings (SSSR count). The van der Waals surface area contributed by atoms with Gasteiger partial charge in [-0.2, -0.15) is 0 Å². The minimum absolute atomic E-state index is 0.271. The maximum Gasteiger partial charge on any atom is 0.255 e. The number of carbonyl (C=O) groups excluding carboxylic acids is 1. The van der Waals surface area contributed by atoms with E-state index < -0.39 is 0 Å². The zero-order valence-corrected chi connectivity index (χ0v) is 14.2. The Labute approximate surface area is 145 Å². The summed E-state index contributed by atoms with van der Waals surface area (Å²) >= 11 is 0. The summed E-state index contributed by atoms with van der Waals surface area (Å²) < 4.78 is 12.2. The molecule has 128 valence electrons. The zero-order chi connectivity index (χ0) is 17.8. The molecule has 0 unspecified atom stereocenters. The molecule has 1 N–H and O–H groups in total. The number of amides is 1. The summed E-state index contributed by atoms with van der Waals surface area (Å²) in [6.07, 6.45) is 1.61. The first-order valence-corrected chi connectivity index (χ1v) is 7.60. The fourth-order valence-corrected chi connectivity index (χ4v) is 2.45. The molecule has 0 spiro atoms. The summed E-state index contributed by atoms with van der Waals surface area (Å²) in [7, 11) is 4.93. The van der Waals surface area contributed by atoms with Gasteiger partial charge in [-0.1, -0.05) is 12.1 Å². The normalized spacial score (nSPS) is 10.4. The van der Waals surface area contributed by atoms with Crippen LogP contribution < -0.4 is 14.8 Å². The fourth-order valence-electron chi connectivity index (χ4n) is 2.45. The zero-order valence-electron chi connectivity index (χ0n) is 14.2. The highest BCUT2D eigenvalue weighted by molar-refractivity contribution is 6.06. The van der Waals surface area contributed by atoms with Gasteiger partial charge in [0.15, 0.2) is 5.82 Å². The molecule has 0 radical (unpaired) electrons. The van der Waals surface area contributed by atoms with Gasteiger partial charge in [-0.05, 0) is 24.3 Å². The van der Waals surface area contributed by atoms with E-state index in [4.69, 9.17) is 9.47 Å². The number of ether oxygens (including phenoxy) is 2. The van der Waals surface area contributed by atoms with Crippen LogP contribution in [0.15, 0.2) is 48.8 Å². The molecule has 0 saturated carbocycles. The van der Waals surface area contributed by atoms with E-state index >= 15 is 0 Å². The lowest BCUT2D eigenvalue weighted by Crippen LogP contribution is -2.13. The molecule has 0 saturated heterocycles. The van der Waals surface area contributed by atoms with Crippen molar-refractivity contribution < 1.29 is 14.3 Å². The Bertz CT molecular complexity index is 883. The van der Waals surface area contributed by atoms with E-state index in [1.165, 1.54) is 0 Å². The van der Waals surface area contributed by atoms with Gasteiger partial charge in [-0.3, -0.25) is 4.79 Å². The molecule has 1 aromatic heterocycles. The number of carbonyl (C=O) groups is 1. The Morgan fingerprint density at radius 1 is 1.08 bits per heavy atom. The SMILES string of the molecule is COc1cc(OC)cc(C(=O)Nc2ccccc2-c2nncn2C)c1. The minimum Gasteiger partial charge on any atom is -0.497 e. The van der Waals surface area contributed by atoms with Gasteiger partial charge < -0.3 is 19.4 Å². The average molecular weight is 338 g/mol. The number of para-hydroxylation sites is 1. The Morgan fingerprint density at radius 3 is 2.36 bits per heavy atom. The summed E-state index contributed by atoms with van der Waals surface area (Å²) in [6.45, 7) is 0. The van der Waals surface area contributed by atoms with Crippen LogP contribution in [0.3, 0.4) is 0 Å². The molecule has 0 aliphatic carbocycles. The molecule has 2 aromatic carbocycles. The summed E-state index contributed by atoms with van der Waals surface area (Å²) in [6, 6.07) is 12.5. The molecule has 7 nitrogen and oxygen atoms in total. The largest absolute Gasteiger partial charge is 0.497 e. The van der Waals surface area contributed by atoms with Gasteiger partial charge in [0, 0.05) is 24.2 Å². The number of aromatic nitrogens is 3. The van der Waals surface area contributed by atoms with Gasteiger partial charge in [-0.25, -0.2) is 0 Å². The molecule has 1 amide bonds. The number of aryl methyl sites for hydroxylation is 1. The molecule has 0 aliphatic heterocycles. The van der Waals surface area contributed by atoms with Gasteiger partial charge in [0.2, 0.25) is 0 Å². The van der Waals surface area contributed by atoms with Crippen molar-refractivity contribution in [3.8, 4) is 22.9 Å². The van der Waals surface area contributed by atoms with Crippen molar-refractivity contribution in [1.82, 2.24) is 14.8 Å². The third-order valence-electron chi connectivity index (χ3n) is 3.74. The van der Waals surface area contributed by atoms with Crippen LogP contribution in [0.4, 0.5) is 5.69 Å². The highest BCUT2D eigenvalue weighted by Gasteiger charge is 2.14. The lowest BCUT2D eigenvalue weighted by atomic mass is 10.1. The second-order valence-corrected chi connectivity index (χ2v) is 5.37. The number of nitrogens with zero attached hydrogens (tertiary/aromatic N) is 3. The lowest BCUT2D eigenvalue weighted by molar-refractivity contribution is 0.102. The van der Waals surface area contributed by atoms with Gasteiger partial charge in [0.25, 0.3) is 5.91 Å². The fraction of sp³-hybridized carbons (Fsp3) is 0.167. The molecule has 1 heterocycles. The van der Waals surface area contributed by atoms with Crippen molar-refractivity contribution in [2.75, 3.05) is 19.5 Å². The highest BCUT2D eigenvalue weighted by Crippen LogP contribution is 2.27. The molecule has 0 bridgehead atoms. The van der Waals surface area contributed by atoms with Crippen LogP contribution >= 0.6 is 0 Å². The molecule has 0 atom stereocenters. The van der Waals surface area contributed by atoms with Crippen molar-refractivity contribution in [1.29, 1.82) is 0 Å². The van der Waals surface area contributed by atoms with Gasteiger partial charge in [-0.15, -0.1) is 10.2 Å². The van der Waals surface area contributed by atoms with Crippen LogP contribution in [0, 0.1) is 0 Å². The Kier molecular flexibility index (Phi) is 4.65. The second kappa shape index (κ2) is 7.04. The molecule has 0 fully saturated rings. The summed E-state index contributed by atoms with van der Waals surface area (Å²) in [5, 5.41) is 10.9. The molecule has 3 aromatic rings. The van der Waals surface area contributed by atoms with Crippen LogP contribution in [0.2, 0.25) is 0 Å². The predicted octanol–water partition coefficient (Wildman–Crippen LogP) is 2.75. The van der Waals surface area contributed by atoms with Gasteiger partial charge in [0.1, 0.15) is 17.8 Å². The summed E-state index contributed by atoms with van der Waals surface area (Å²) in [4.78, 5) is 12.7. The van der Waals surface area contributed by atoms with Crippen LogP contribution in [-0.4, -0.2) is 34.9 Å². The van der Waals surface area contributed by atoms with E-state index in [2.05, 4.69) is 15.5 Å². The second-order valence-electron chi connectivity index (χ2n) is 5.37. The maximum absolute atomic E-state index is 12.7. The quantitative estimate of drug-likeness (QED) is 0.774. The molecule has 0 aliphatic rings. The number of methoxy groups -OCH3 is 2. The first-order valence-electron chi connectivity index (χ1n) is 7.60. The first kappa shape index (κ1) is 16.5. The third kappa shape index (κ3) is 3.45. The predicted molar refractivity (Wildman–Crippen MR) is 93.9 cm³/mol. The van der Waals surface area contributed by atoms with E-state index in [1.54, 1.807) is 43.3 Å². The Hall–Kier alpha value is -3.35. The Balaban J connectivity index is 1.94. The molecular weight excluding hydrogens is 320 g/mol. The van der Waals surface area contributed by atoms with Crippen LogP contribution in [0.5, 0.6) is 11.5 Å². The number of hydrogen-bond acceptors (Lipinski definition) is 5. The molecular formula is C18H18N4O3. The van der Waals surface area contributed by atoms with Crippen molar-refractivity contribution in [2.24, 2.45) is 7.05 Å². The van der Waals surface area contributed by atoms with Crippen LogP contribution in [0.25, 0.3) is 11.4 Å². The average Bonchev–Trinajstić information content (AvgIpc) is 3.07. The van der Waals surface area contributed by atoms with Crippen LogP contribution in [0.1, 0.15) is 10.4 Å². The van der Waals surface area contributed by atoms with E-state index in [1.807, 2.05) is 31.3 Å². The van der Waals surface area contributed by atoms with Crippen molar-refractivity contribution >= 4 is 11.6 Å². The standard InChI is InChI=1S/C18H18N4O3/c1-22-11-19-21-17(22)15-6-4-5-7-16(15)20-18(23)12-8-13(24-2)10-14(9-12)25-3/h4-11H,1-3H3,(H,20,23).